The van der Waals surface area contributed by atoms with Crippen LogP contribution in [0.4, 0.5) is 11.4 Å². The molecule has 0 unspecified atom stereocenters. The summed E-state index contributed by atoms with van der Waals surface area (Å²) in [6, 6.07) is 46.9. The molecule has 6 aromatic carbocycles. The second-order valence-corrected chi connectivity index (χ2v) is 12.2. The van der Waals surface area contributed by atoms with E-state index >= 15 is 0 Å². The molecule has 3 N–H and O–H groups in total. The maximum Gasteiger partial charge on any atom is 0.272 e. The number of hydrogen-bond donors (Lipinski definition) is 3. The van der Waals surface area contributed by atoms with Gasteiger partial charge in [-0.3, -0.25) is 14.4 Å². The average molecular weight is 664 g/mol. The molecule has 0 radical (unpaired) electrons. The summed E-state index contributed by atoms with van der Waals surface area (Å²) in [7, 11) is 0. The Morgan fingerprint density at radius 2 is 1.33 bits per heavy atom. The van der Waals surface area contributed by atoms with Crippen molar-refractivity contribution < 1.29 is 19.1 Å². The molecule has 0 spiro atoms. The molecule has 0 aliphatic carbocycles. The molecule has 0 heterocycles. The fourth-order valence-electron chi connectivity index (χ4n) is 4.99. The molecule has 0 aromatic heterocycles. The maximum absolute atomic E-state index is 13.6. The molecule has 7 nitrogen and oxygen atoms in total. The first-order valence-electron chi connectivity index (χ1n) is 15.7. The zero-order valence-corrected chi connectivity index (χ0v) is 27.3. The summed E-state index contributed by atoms with van der Waals surface area (Å²) in [6.45, 7) is 0.434. The van der Waals surface area contributed by atoms with Gasteiger partial charge >= 0.3 is 0 Å². The van der Waals surface area contributed by atoms with Crippen LogP contribution >= 0.6 is 11.8 Å². The summed E-state index contributed by atoms with van der Waals surface area (Å²) in [4.78, 5) is 40.2. The van der Waals surface area contributed by atoms with E-state index in [-0.39, 0.29) is 17.4 Å². The number of thioether (sulfide) groups is 1. The summed E-state index contributed by atoms with van der Waals surface area (Å²) in [5.41, 5.74) is 3.50. The molecule has 6 rings (SSSR count). The van der Waals surface area contributed by atoms with Crippen molar-refractivity contribution in [1.82, 2.24) is 5.32 Å². The van der Waals surface area contributed by atoms with E-state index in [0.29, 0.717) is 29.2 Å². The highest BCUT2D eigenvalue weighted by Crippen LogP contribution is 2.24. The fourth-order valence-corrected chi connectivity index (χ4v) is 5.74. The van der Waals surface area contributed by atoms with Crippen LogP contribution in [0.5, 0.6) is 5.75 Å². The van der Waals surface area contributed by atoms with Gasteiger partial charge in [-0.25, -0.2) is 0 Å². The molecule has 3 amide bonds. The Hall–Kier alpha value is -6.12. The lowest BCUT2D eigenvalue weighted by Gasteiger charge is -2.13. The van der Waals surface area contributed by atoms with Gasteiger partial charge in [0.1, 0.15) is 18.1 Å². The van der Waals surface area contributed by atoms with E-state index in [9.17, 15) is 14.4 Å². The van der Waals surface area contributed by atoms with Crippen molar-refractivity contribution in [2.24, 2.45) is 0 Å². The number of carbonyl (C=O) groups excluding carboxylic acids is 3. The second-order valence-electron chi connectivity index (χ2n) is 11.1. The van der Waals surface area contributed by atoms with Gasteiger partial charge in [0.2, 0.25) is 5.91 Å². The van der Waals surface area contributed by atoms with Crippen LogP contribution in [0, 0.1) is 0 Å². The van der Waals surface area contributed by atoms with Gasteiger partial charge in [0, 0.05) is 21.8 Å². The maximum atomic E-state index is 13.6. The number of hydrogen-bond acceptors (Lipinski definition) is 5. The first-order valence-corrected chi connectivity index (χ1v) is 16.6. The normalized spacial score (nSPS) is 11.1. The van der Waals surface area contributed by atoms with Gasteiger partial charge < -0.3 is 20.7 Å². The summed E-state index contributed by atoms with van der Waals surface area (Å²) >= 11 is 1.36. The number of anilines is 2. The molecule has 0 bridgehead atoms. The predicted molar refractivity (Wildman–Crippen MR) is 197 cm³/mol. The number of fused-ring (bicyclic) bond motifs is 1. The Labute approximate surface area is 289 Å². The van der Waals surface area contributed by atoms with Crippen molar-refractivity contribution >= 4 is 57.7 Å². The highest BCUT2D eigenvalue weighted by Gasteiger charge is 2.16. The van der Waals surface area contributed by atoms with Crippen molar-refractivity contribution in [3.05, 3.63) is 174 Å². The molecule has 0 fully saturated rings. The van der Waals surface area contributed by atoms with Crippen molar-refractivity contribution in [3.63, 3.8) is 0 Å². The van der Waals surface area contributed by atoms with E-state index in [1.807, 2.05) is 109 Å². The lowest BCUT2D eigenvalue weighted by Crippen LogP contribution is -2.30. The fraction of sp³-hybridized carbons (Fsp3) is 0.0488. The molecule has 8 heteroatoms. The Kier molecular flexibility index (Phi) is 10.8. The third-order valence-corrected chi connectivity index (χ3v) is 8.46. The van der Waals surface area contributed by atoms with Crippen LogP contribution in [0.2, 0.25) is 0 Å². The van der Waals surface area contributed by atoms with E-state index < -0.39 is 11.8 Å². The minimum absolute atomic E-state index is 0.0691. The number of nitrogens with one attached hydrogen (secondary N) is 3. The van der Waals surface area contributed by atoms with E-state index in [0.717, 1.165) is 26.9 Å². The minimum Gasteiger partial charge on any atom is -0.489 e. The van der Waals surface area contributed by atoms with Gasteiger partial charge in [0.15, 0.2) is 0 Å². The molecule has 242 valence electrons. The van der Waals surface area contributed by atoms with Crippen molar-refractivity contribution in [2.75, 3.05) is 16.4 Å². The van der Waals surface area contributed by atoms with Gasteiger partial charge in [-0.15, -0.1) is 11.8 Å². The van der Waals surface area contributed by atoms with Crippen molar-refractivity contribution in [1.29, 1.82) is 0 Å². The van der Waals surface area contributed by atoms with Gasteiger partial charge in [0.25, 0.3) is 11.8 Å². The quantitative estimate of drug-likeness (QED) is 0.0901. The summed E-state index contributed by atoms with van der Waals surface area (Å²) in [5, 5.41) is 10.8. The second kappa shape index (κ2) is 16.1. The minimum atomic E-state index is -0.495. The monoisotopic (exact) mass is 663 g/mol. The zero-order chi connectivity index (χ0) is 33.8. The third kappa shape index (κ3) is 9.47. The summed E-state index contributed by atoms with van der Waals surface area (Å²) in [6.07, 6.45) is 1.62. The average Bonchev–Trinajstić information content (AvgIpc) is 3.14. The molecule has 0 aliphatic rings. The van der Waals surface area contributed by atoms with Gasteiger partial charge in [-0.2, -0.15) is 0 Å². The van der Waals surface area contributed by atoms with E-state index in [4.69, 9.17) is 4.74 Å². The van der Waals surface area contributed by atoms with Crippen molar-refractivity contribution in [3.8, 4) is 5.75 Å². The smallest absolute Gasteiger partial charge is 0.272 e. The highest BCUT2D eigenvalue weighted by molar-refractivity contribution is 8.00. The largest absolute Gasteiger partial charge is 0.489 e. The topological polar surface area (TPSA) is 96.5 Å². The molecular formula is C41H33N3O4S. The number of benzene rings is 6. The SMILES string of the molecule is O=C(CSc1cccc(NC(=O)/C(=C\c2ccc(OCc3ccccc3)cc2)NC(=O)c2ccccc2)c1)Nc1ccc2ccccc2c1. The molecule has 6 aromatic rings. The van der Waals surface area contributed by atoms with E-state index in [1.165, 1.54) is 11.8 Å². The first kappa shape index (κ1) is 32.8. The third-order valence-electron chi connectivity index (χ3n) is 7.46. The highest BCUT2D eigenvalue weighted by atomic mass is 32.2. The lowest BCUT2D eigenvalue weighted by molar-refractivity contribution is -0.114. The summed E-state index contributed by atoms with van der Waals surface area (Å²) in [5.74, 6) is -0.176. The molecule has 49 heavy (non-hydrogen) atoms. The molecule has 0 saturated carbocycles. The Morgan fingerprint density at radius 3 is 2.10 bits per heavy atom. The molecule has 0 atom stereocenters. The van der Waals surface area contributed by atoms with Crippen LogP contribution in [-0.2, 0) is 16.2 Å². The van der Waals surface area contributed by atoms with Crippen LogP contribution in [0.1, 0.15) is 21.5 Å². The number of rotatable bonds is 12. The van der Waals surface area contributed by atoms with Crippen LogP contribution < -0.4 is 20.7 Å². The van der Waals surface area contributed by atoms with Crippen LogP contribution in [0.3, 0.4) is 0 Å². The zero-order valence-electron chi connectivity index (χ0n) is 26.5. The number of ether oxygens (including phenoxy) is 1. The van der Waals surface area contributed by atoms with Crippen molar-refractivity contribution in [2.45, 2.75) is 11.5 Å². The molecule has 0 aliphatic heterocycles. The molecule has 0 saturated heterocycles. The Morgan fingerprint density at radius 1 is 0.633 bits per heavy atom. The van der Waals surface area contributed by atoms with Crippen LogP contribution in [0.25, 0.3) is 16.8 Å². The van der Waals surface area contributed by atoms with Gasteiger partial charge in [-0.1, -0.05) is 97.1 Å². The standard InChI is InChI=1S/C41H33N3O4S/c45-39(42-35-21-20-31-12-7-8-15-33(31)25-35)28-49-37-17-9-16-34(26-37)43-41(47)38(44-40(46)32-13-5-2-6-14-32)24-29-18-22-36(23-19-29)48-27-30-10-3-1-4-11-30/h1-26H,27-28H2,(H,42,45)(H,43,47)(H,44,46)/b38-24+. The lowest BCUT2D eigenvalue weighted by atomic mass is 10.1. The number of amides is 3. The Balaban J connectivity index is 1.11. The van der Waals surface area contributed by atoms with Gasteiger partial charge in [0.05, 0.1) is 5.75 Å². The van der Waals surface area contributed by atoms with E-state index in [2.05, 4.69) is 16.0 Å². The molecular weight excluding hydrogens is 631 g/mol. The van der Waals surface area contributed by atoms with Gasteiger partial charge in [-0.05, 0) is 82.6 Å². The number of carbonyl (C=O) groups is 3. The Bertz CT molecular complexity index is 2100. The summed E-state index contributed by atoms with van der Waals surface area (Å²) < 4.78 is 5.89. The predicted octanol–water partition coefficient (Wildman–Crippen LogP) is 8.56. The van der Waals surface area contributed by atoms with Crippen LogP contribution in [-0.4, -0.2) is 23.5 Å². The first-order chi connectivity index (χ1) is 24.0. The van der Waals surface area contributed by atoms with Crippen LogP contribution in [0.15, 0.2) is 162 Å². The van der Waals surface area contributed by atoms with E-state index in [1.54, 1.807) is 48.5 Å².